The molecule has 2 N–H and O–H groups in total. The lowest BCUT2D eigenvalue weighted by molar-refractivity contribution is -0.132. The number of benzene rings is 2. The van der Waals surface area contributed by atoms with E-state index in [1.165, 1.54) is 0 Å². The third-order valence-electron chi connectivity index (χ3n) is 7.07. The van der Waals surface area contributed by atoms with Crippen molar-refractivity contribution in [2.45, 2.75) is 36.5 Å². The number of piperidine rings is 2. The van der Waals surface area contributed by atoms with Gasteiger partial charge in [-0.15, -0.1) is 0 Å². The first kappa shape index (κ1) is 20.9. The van der Waals surface area contributed by atoms with E-state index in [1.54, 1.807) is 14.2 Å². The van der Waals surface area contributed by atoms with Gasteiger partial charge in [0.15, 0.2) is 5.78 Å². The second-order valence-corrected chi connectivity index (χ2v) is 8.45. The van der Waals surface area contributed by atoms with E-state index in [4.69, 9.17) is 9.47 Å². The van der Waals surface area contributed by atoms with Crippen LogP contribution in [0.1, 0.15) is 36.8 Å². The molecule has 2 saturated heterocycles. The smallest absolute Gasteiger partial charge is 0.154 e. The highest BCUT2D eigenvalue weighted by Gasteiger charge is 2.52. The van der Waals surface area contributed by atoms with Crippen LogP contribution >= 0.6 is 0 Å². The number of hydrogen-bond acceptors (Lipinski definition) is 5. The normalized spacial score (nSPS) is 20.3. The molecular weight excluding hydrogens is 376 g/mol. The molecule has 2 fully saturated rings. The topological polar surface area (TPSA) is 59.6 Å². The minimum atomic E-state index is -0.477. The molecule has 0 atom stereocenters. The van der Waals surface area contributed by atoms with Crippen LogP contribution in [-0.4, -0.2) is 46.2 Å². The second kappa shape index (κ2) is 8.78. The molecule has 0 spiro atoms. The fourth-order valence-corrected chi connectivity index (χ4v) is 5.28. The van der Waals surface area contributed by atoms with Gasteiger partial charge in [0.2, 0.25) is 0 Å². The quantitative estimate of drug-likeness (QED) is 0.769. The van der Waals surface area contributed by atoms with Gasteiger partial charge in [0.05, 0.1) is 25.0 Å². The van der Waals surface area contributed by atoms with Crippen molar-refractivity contribution in [3.05, 3.63) is 59.7 Å². The molecule has 2 aliphatic heterocycles. The highest BCUT2D eigenvalue weighted by molar-refractivity contribution is 5.99. The average molecular weight is 409 g/mol. The van der Waals surface area contributed by atoms with Gasteiger partial charge in [-0.25, -0.2) is 0 Å². The summed E-state index contributed by atoms with van der Waals surface area (Å²) in [6, 6.07) is 16.3. The number of ether oxygens (including phenoxy) is 2. The number of hydrogen-bond donors (Lipinski definition) is 2. The van der Waals surface area contributed by atoms with Gasteiger partial charge in [-0.1, -0.05) is 24.3 Å². The summed E-state index contributed by atoms with van der Waals surface area (Å²) in [7, 11) is 3.35. The molecule has 0 aliphatic carbocycles. The second-order valence-electron chi connectivity index (χ2n) is 8.45. The summed E-state index contributed by atoms with van der Waals surface area (Å²) in [6.45, 7) is 3.42. The number of nitrogens with one attached hydrogen (secondary N) is 2. The maximum Gasteiger partial charge on any atom is 0.154 e. The van der Waals surface area contributed by atoms with E-state index in [0.717, 1.165) is 74.5 Å². The Morgan fingerprint density at radius 3 is 1.30 bits per heavy atom. The van der Waals surface area contributed by atoms with Crippen molar-refractivity contribution >= 4 is 5.78 Å². The van der Waals surface area contributed by atoms with Crippen LogP contribution in [0.25, 0.3) is 0 Å². The molecule has 5 nitrogen and oxygen atoms in total. The molecule has 160 valence electrons. The third-order valence-corrected chi connectivity index (χ3v) is 7.07. The zero-order valence-corrected chi connectivity index (χ0v) is 18.0. The van der Waals surface area contributed by atoms with E-state index >= 15 is 0 Å². The van der Waals surface area contributed by atoms with Crippen molar-refractivity contribution in [3.63, 3.8) is 0 Å². The number of carbonyl (C=O) groups excluding carboxylic acids is 1. The minimum Gasteiger partial charge on any atom is -0.497 e. The summed E-state index contributed by atoms with van der Waals surface area (Å²) in [5.74, 6) is 2.01. The first-order valence-corrected chi connectivity index (χ1v) is 10.9. The van der Waals surface area contributed by atoms with E-state index in [-0.39, 0.29) is 0 Å². The SMILES string of the molecule is COc1ccc(C2(C(=O)C3(c4ccc(OC)cc4)CCNCC3)CCNCC2)cc1. The van der Waals surface area contributed by atoms with Crippen molar-refractivity contribution in [3.8, 4) is 11.5 Å². The summed E-state index contributed by atoms with van der Waals surface area (Å²) in [5, 5.41) is 6.90. The summed E-state index contributed by atoms with van der Waals surface area (Å²) < 4.78 is 10.7. The number of carbonyl (C=O) groups is 1. The maximum atomic E-state index is 14.6. The van der Waals surface area contributed by atoms with E-state index in [0.29, 0.717) is 5.78 Å². The average Bonchev–Trinajstić information content (AvgIpc) is 2.84. The predicted molar refractivity (Wildman–Crippen MR) is 119 cm³/mol. The Kier molecular flexibility index (Phi) is 6.11. The highest BCUT2D eigenvalue weighted by atomic mass is 16.5. The molecule has 0 aromatic heterocycles. The van der Waals surface area contributed by atoms with Crippen molar-refractivity contribution in [1.29, 1.82) is 0 Å². The van der Waals surface area contributed by atoms with Gasteiger partial charge in [-0.05, 0) is 87.3 Å². The predicted octanol–water partition coefficient (Wildman–Crippen LogP) is 3.22. The molecule has 0 radical (unpaired) electrons. The van der Waals surface area contributed by atoms with Gasteiger partial charge < -0.3 is 20.1 Å². The van der Waals surface area contributed by atoms with Crippen molar-refractivity contribution < 1.29 is 14.3 Å². The van der Waals surface area contributed by atoms with Crippen LogP contribution < -0.4 is 20.1 Å². The minimum absolute atomic E-state index is 0.369. The van der Waals surface area contributed by atoms with Crippen LogP contribution in [0.5, 0.6) is 11.5 Å². The molecule has 0 amide bonds. The van der Waals surface area contributed by atoms with Crippen LogP contribution in [0.15, 0.2) is 48.5 Å². The first-order chi connectivity index (χ1) is 14.6. The van der Waals surface area contributed by atoms with Crippen LogP contribution in [0.2, 0.25) is 0 Å². The zero-order valence-electron chi connectivity index (χ0n) is 18.0. The molecule has 2 aliphatic rings. The number of ketones is 1. The fourth-order valence-electron chi connectivity index (χ4n) is 5.28. The summed E-state index contributed by atoms with van der Waals surface area (Å²) in [5.41, 5.74) is 1.27. The lowest BCUT2D eigenvalue weighted by atomic mass is 9.57. The molecule has 30 heavy (non-hydrogen) atoms. The monoisotopic (exact) mass is 408 g/mol. The Balaban J connectivity index is 1.80. The van der Waals surface area contributed by atoms with Crippen LogP contribution in [0.3, 0.4) is 0 Å². The highest BCUT2D eigenvalue weighted by Crippen LogP contribution is 2.46. The van der Waals surface area contributed by atoms with E-state index < -0.39 is 10.8 Å². The van der Waals surface area contributed by atoms with E-state index in [9.17, 15) is 4.79 Å². The van der Waals surface area contributed by atoms with Crippen molar-refractivity contribution in [2.75, 3.05) is 40.4 Å². The lowest BCUT2D eigenvalue weighted by Gasteiger charge is -2.46. The van der Waals surface area contributed by atoms with Crippen LogP contribution in [0.4, 0.5) is 0 Å². The molecule has 4 rings (SSSR count). The van der Waals surface area contributed by atoms with E-state index in [1.807, 2.05) is 24.3 Å². The molecular formula is C25H32N2O3. The maximum absolute atomic E-state index is 14.6. The standard InChI is InChI=1S/C25H32N2O3/c1-29-21-7-3-19(4-8-21)24(11-15-26-16-12-24)23(28)25(13-17-27-18-14-25)20-5-9-22(30-2)10-6-20/h3-10,26-27H,11-18H2,1-2H3. The Hall–Kier alpha value is -2.37. The summed E-state index contributed by atoms with van der Waals surface area (Å²) in [4.78, 5) is 14.6. The molecule has 0 bridgehead atoms. The number of Topliss-reactive ketones (excluding diaryl/α,β-unsaturated/α-hetero) is 1. The summed E-state index contributed by atoms with van der Waals surface area (Å²) >= 11 is 0. The first-order valence-electron chi connectivity index (χ1n) is 10.9. The van der Waals surface area contributed by atoms with Gasteiger partial charge in [0, 0.05) is 0 Å². The van der Waals surface area contributed by atoms with Crippen LogP contribution in [0, 0.1) is 0 Å². The van der Waals surface area contributed by atoms with Gasteiger partial charge in [-0.3, -0.25) is 4.79 Å². The number of rotatable bonds is 6. The summed E-state index contributed by atoms with van der Waals surface area (Å²) in [6.07, 6.45) is 3.29. The molecule has 2 aromatic rings. The Morgan fingerprint density at radius 2 is 1.00 bits per heavy atom. The van der Waals surface area contributed by atoms with Gasteiger partial charge >= 0.3 is 0 Å². The lowest BCUT2D eigenvalue weighted by Crippen LogP contribution is -2.56. The molecule has 0 unspecified atom stereocenters. The van der Waals surface area contributed by atoms with Crippen molar-refractivity contribution in [2.24, 2.45) is 0 Å². The van der Waals surface area contributed by atoms with Gasteiger partial charge in [0.25, 0.3) is 0 Å². The zero-order chi connectivity index (χ0) is 21.0. The molecule has 2 heterocycles. The van der Waals surface area contributed by atoms with Gasteiger partial charge in [0.1, 0.15) is 11.5 Å². The fraction of sp³-hybridized carbons (Fsp3) is 0.480. The molecule has 5 heteroatoms. The third kappa shape index (κ3) is 3.61. The Morgan fingerprint density at radius 1 is 0.667 bits per heavy atom. The van der Waals surface area contributed by atoms with Gasteiger partial charge in [-0.2, -0.15) is 0 Å². The Labute approximate surface area is 179 Å². The number of methoxy groups -OCH3 is 2. The molecule has 2 aromatic carbocycles. The van der Waals surface area contributed by atoms with E-state index in [2.05, 4.69) is 34.9 Å². The molecule has 0 saturated carbocycles. The van der Waals surface area contributed by atoms with Crippen molar-refractivity contribution in [1.82, 2.24) is 10.6 Å². The largest absolute Gasteiger partial charge is 0.497 e. The Bertz CT molecular complexity index is 777. The van der Waals surface area contributed by atoms with Crippen LogP contribution in [-0.2, 0) is 15.6 Å².